The van der Waals surface area contributed by atoms with Crippen molar-refractivity contribution in [1.82, 2.24) is 14.7 Å². The van der Waals surface area contributed by atoms with Gasteiger partial charge < -0.3 is 10.0 Å². The second-order valence-corrected chi connectivity index (χ2v) is 9.37. The number of carbonyl (C=O) groups is 1. The van der Waals surface area contributed by atoms with Crippen LogP contribution in [0.3, 0.4) is 0 Å². The Morgan fingerprint density at radius 3 is 2.30 bits per heavy atom. The maximum Gasteiger partial charge on any atom is 0.239 e. The van der Waals surface area contributed by atoms with Crippen LogP contribution < -0.4 is 0 Å². The van der Waals surface area contributed by atoms with E-state index < -0.39 is 0 Å². The molecule has 166 valence electrons. The van der Waals surface area contributed by atoms with E-state index >= 15 is 0 Å². The number of benzene rings is 1. The second-order valence-electron chi connectivity index (χ2n) is 9.37. The molecular weight excluding hydrogens is 381 g/mol. The third-order valence-corrected chi connectivity index (χ3v) is 7.10. The molecule has 5 nitrogen and oxygen atoms in total. The summed E-state index contributed by atoms with van der Waals surface area (Å²) in [4.78, 5) is 20.3. The highest BCUT2D eigenvalue weighted by Crippen LogP contribution is 2.33. The molecule has 1 amide bonds. The van der Waals surface area contributed by atoms with Crippen molar-refractivity contribution in [3.8, 4) is 5.75 Å². The van der Waals surface area contributed by atoms with Crippen molar-refractivity contribution >= 4 is 5.91 Å². The monoisotopic (exact) mass is 417 g/mol. The smallest absolute Gasteiger partial charge is 0.239 e. The number of nitrogens with zero attached hydrogens (tertiary/aromatic N) is 3. The predicted molar refractivity (Wildman–Crippen MR) is 116 cm³/mol. The van der Waals surface area contributed by atoms with Gasteiger partial charge in [-0.3, -0.25) is 14.6 Å². The molecule has 0 unspecified atom stereocenters. The topological polar surface area (TPSA) is 47.0 Å². The van der Waals surface area contributed by atoms with Crippen LogP contribution in [0.1, 0.15) is 51.4 Å². The Kier molecular flexibility index (Phi) is 7.26. The predicted octanol–water partition coefficient (Wildman–Crippen LogP) is 3.48. The number of rotatable bonds is 4. The minimum Gasteiger partial charge on any atom is -0.508 e. The number of halogens is 1. The van der Waals surface area contributed by atoms with Crippen LogP contribution in [-0.2, 0) is 4.79 Å². The fraction of sp³-hybridized carbons (Fsp3) is 0.708. The fourth-order valence-corrected chi connectivity index (χ4v) is 4.88. The lowest BCUT2D eigenvalue weighted by atomic mass is 9.91. The largest absolute Gasteiger partial charge is 0.508 e. The summed E-state index contributed by atoms with van der Waals surface area (Å²) >= 11 is 0. The number of phenols is 1. The molecule has 1 aromatic carbocycles. The molecule has 4 fully saturated rings. The van der Waals surface area contributed by atoms with Crippen LogP contribution in [0.5, 0.6) is 5.75 Å². The third-order valence-electron chi connectivity index (χ3n) is 7.10. The number of likely N-dealkylation sites (tertiary alicyclic amines) is 1. The van der Waals surface area contributed by atoms with E-state index in [4.69, 9.17) is 5.11 Å². The minimum atomic E-state index is -0.331. The first kappa shape index (κ1) is 21.6. The van der Waals surface area contributed by atoms with Gasteiger partial charge in [-0.1, -0.05) is 6.42 Å². The van der Waals surface area contributed by atoms with Gasteiger partial charge in [0.25, 0.3) is 0 Å². The highest BCUT2D eigenvalue weighted by Gasteiger charge is 2.37. The quantitative estimate of drug-likeness (QED) is 0.815. The molecular formula is C24H36FN3O2. The van der Waals surface area contributed by atoms with Crippen molar-refractivity contribution in [1.29, 1.82) is 0 Å². The summed E-state index contributed by atoms with van der Waals surface area (Å²) in [5.74, 6) is 1.09. The van der Waals surface area contributed by atoms with Crippen molar-refractivity contribution in [3.63, 3.8) is 0 Å². The van der Waals surface area contributed by atoms with Crippen LogP contribution in [0.4, 0.5) is 4.39 Å². The van der Waals surface area contributed by atoms with Gasteiger partial charge in [0.1, 0.15) is 11.6 Å². The minimum absolute atomic E-state index is 0.0893. The van der Waals surface area contributed by atoms with E-state index in [2.05, 4.69) is 14.7 Å². The zero-order chi connectivity index (χ0) is 20.9. The number of amides is 1. The van der Waals surface area contributed by atoms with Crippen molar-refractivity contribution < 1.29 is 14.3 Å². The highest BCUT2D eigenvalue weighted by atomic mass is 19.1. The van der Waals surface area contributed by atoms with Gasteiger partial charge in [0.05, 0.1) is 6.04 Å². The highest BCUT2D eigenvalue weighted by molar-refractivity contribution is 5.82. The Hall–Kier alpha value is -1.66. The molecule has 2 heterocycles. The first-order valence-electron chi connectivity index (χ1n) is 11.8. The van der Waals surface area contributed by atoms with Crippen LogP contribution in [-0.4, -0.2) is 77.1 Å². The molecule has 1 aromatic rings. The Labute approximate surface area is 179 Å². The zero-order valence-electron chi connectivity index (χ0n) is 18.0. The van der Waals surface area contributed by atoms with E-state index in [1.54, 1.807) is 0 Å². The first-order chi connectivity index (χ1) is 14.6. The van der Waals surface area contributed by atoms with Gasteiger partial charge in [-0.05, 0) is 81.7 Å². The SMILES string of the molecule is O=C([C@H]1CCCN1CC1CC1)N1CCCN(C2CCC2)CC1.Oc1ccc(F)cc1. The maximum absolute atomic E-state index is 13.0. The Bertz CT molecular complexity index is 669. The molecule has 0 spiro atoms. The lowest BCUT2D eigenvalue weighted by Crippen LogP contribution is -2.48. The van der Waals surface area contributed by atoms with Gasteiger partial charge >= 0.3 is 0 Å². The van der Waals surface area contributed by atoms with Gasteiger partial charge in [0.15, 0.2) is 0 Å². The number of phenolic OH excluding ortho intramolecular Hbond substituents is 1. The van der Waals surface area contributed by atoms with E-state index in [0.29, 0.717) is 5.91 Å². The molecule has 2 aliphatic carbocycles. The number of aromatic hydroxyl groups is 1. The van der Waals surface area contributed by atoms with Gasteiger partial charge in [0.2, 0.25) is 5.91 Å². The Balaban J connectivity index is 0.000000230. The fourth-order valence-electron chi connectivity index (χ4n) is 4.88. The molecule has 0 radical (unpaired) electrons. The average Bonchev–Trinajstić information content (AvgIpc) is 3.44. The average molecular weight is 418 g/mol. The second kappa shape index (κ2) is 10.1. The molecule has 2 saturated carbocycles. The van der Waals surface area contributed by atoms with Crippen LogP contribution in [0, 0.1) is 11.7 Å². The number of carbonyl (C=O) groups excluding carboxylic acids is 1. The summed E-state index contributed by atoms with van der Waals surface area (Å²) in [6, 6.07) is 6.04. The van der Waals surface area contributed by atoms with E-state index in [0.717, 1.165) is 51.0 Å². The molecule has 5 rings (SSSR count). The first-order valence-corrected chi connectivity index (χ1v) is 11.8. The van der Waals surface area contributed by atoms with Gasteiger partial charge in [0, 0.05) is 38.8 Å². The van der Waals surface area contributed by atoms with Crippen molar-refractivity contribution in [3.05, 3.63) is 30.1 Å². The Morgan fingerprint density at radius 2 is 1.67 bits per heavy atom. The van der Waals surface area contributed by atoms with Gasteiger partial charge in [-0.25, -0.2) is 4.39 Å². The standard InChI is InChI=1S/C18H31N3O.C6H5FO/c22-18(17-6-2-9-21(17)14-15-7-8-15)20-11-3-10-19(12-13-20)16-4-1-5-16;7-5-1-3-6(8)4-2-5/h15-17H,1-14H2;1-4,8H/t17-;/m1./s1. The van der Waals surface area contributed by atoms with Crippen LogP contribution in [0.15, 0.2) is 24.3 Å². The summed E-state index contributed by atoms with van der Waals surface area (Å²) in [6.45, 7) is 6.57. The summed E-state index contributed by atoms with van der Waals surface area (Å²) in [5.41, 5.74) is 0. The number of hydrogen-bond donors (Lipinski definition) is 1. The van der Waals surface area contributed by atoms with E-state index in [9.17, 15) is 9.18 Å². The third kappa shape index (κ3) is 5.73. The van der Waals surface area contributed by atoms with Gasteiger partial charge in [-0.2, -0.15) is 0 Å². The van der Waals surface area contributed by atoms with Gasteiger partial charge in [-0.15, -0.1) is 0 Å². The van der Waals surface area contributed by atoms with E-state index in [1.807, 2.05) is 0 Å². The van der Waals surface area contributed by atoms with Crippen molar-refractivity contribution in [2.45, 2.75) is 63.5 Å². The summed E-state index contributed by atoms with van der Waals surface area (Å²) in [6.07, 6.45) is 10.4. The molecule has 30 heavy (non-hydrogen) atoms. The molecule has 0 bridgehead atoms. The lowest BCUT2D eigenvalue weighted by Gasteiger charge is -2.37. The summed E-state index contributed by atoms with van der Waals surface area (Å²) in [7, 11) is 0. The van der Waals surface area contributed by atoms with Crippen LogP contribution in [0.2, 0.25) is 0 Å². The molecule has 2 aliphatic heterocycles. The molecule has 1 N–H and O–H groups in total. The molecule has 0 aromatic heterocycles. The van der Waals surface area contributed by atoms with Crippen LogP contribution >= 0.6 is 0 Å². The lowest BCUT2D eigenvalue weighted by molar-refractivity contribution is -0.136. The van der Waals surface area contributed by atoms with E-state index in [-0.39, 0.29) is 17.6 Å². The zero-order valence-corrected chi connectivity index (χ0v) is 18.0. The van der Waals surface area contributed by atoms with Crippen molar-refractivity contribution in [2.24, 2.45) is 5.92 Å². The molecule has 4 aliphatic rings. The molecule has 1 atom stereocenters. The molecule has 2 saturated heterocycles. The maximum atomic E-state index is 13.0. The van der Waals surface area contributed by atoms with Crippen LogP contribution in [0.25, 0.3) is 0 Å². The number of hydrogen-bond acceptors (Lipinski definition) is 4. The summed E-state index contributed by atoms with van der Waals surface area (Å²) < 4.78 is 12.0. The Morgan fingerprint density at radius 1 is 0.900 bits per heavy atom. The van der Waals surface area contributed by atoms with Crippen molar-refractivity contribution in [2.75, 3.05) is 39.3 Å². The van der Waals surface area contributed by atoms with E-state index in [1.165, 1.54) is 75.9 Å². The normalized spacial score (nSPS) is 25.9. The summed E-state index contributed by atoms with van der Waals surface area (Å²) in [5, 5.41) is 8.59. The molecule has 6 heteroatoms.